The van der Waals surface area contributed by atoms with Crippen molar-refractivity contribution in [1.82, 2.24) is 0 Å². The molecule has 0 aromatic carbocycles. The van der Waals surface area contributed by atoms with Gasteiger partial charge in [-0.1, -0.05) is 13.8 Å². The van der Waals surface area contributed by atoms with Gasteiger partial charge in [-0.05, 0) is 13.3 Å². The molecule has 1 atom stereocenters. The molecule has 3 heteroatoms. The zero-order chi connectivity index (χ0) is 8.85. The maximum atomic E-state index is 10.9. The van der Waals surface area contributed by atoms with Crippen LogP contribution in [0.4, 0.5) is 0 Å². The molecule has 0 N–H and O–H groups in total. The second-order valence-corrected chi connectivity index (χ2v) is 2.62. The Kier molecular flexibility index (Phi) is 4.50. The predicted octanol–water partition coefficient (Wildman–Crippen LogP) is 1.16. The largest absolute Gasteiger partial charge is 0.457 e. The van der Waals surface area contributed by atoms with Crippen LogP contribution < -0.4 is 0 Å². The minimum atomic E-state index is -0.289. The number of hydrogen-bond acceptors (Lipinski definition) is 3. The molecule has 0 saturated heterocycles. The van der Waals surface area contributed by atoms with Crippen LogP contribution in [-0.2, 0) is 14.3 Å². The number of esters is 1. The first-order chi connectivity index (χ1) is 5.07. The van der Waals surface area contributed by atoms with Crippen molar-refractivity contribution in [1.29, 1.82) is 0 Å². The number of hydrogen-bond donors (Lipinski definition) is 0. The Labute approximate surface area is 66.7 Å². The summed E-state index contributed by atoms with van der Waals surface area (Å²) in [6, 6.07) is 0. The van der Waals surface area contributed by atoms with Gasteiger partial charge < -0.3 is 4.74 Å². The van der Waals surface area contributed by atoms with Crippen molar-refractivity contribution in [3.05, 3.63) is 0 Å². The highest BCUT2D eigenvalue weighted by Crippen LogP contribution is 2.02. The van der Waals surface area contributed by atoms with E-state index in [0.717, 1.165) is 6.42 Å². The second-order valence-electron chi connectivity index (χ2n) is 2.62. The van der Waals surface area contributed by atoms with Gasteiger partial charge in [-0.3, -0.25) is 9.59 Å². The van der Waals surface area contributed by atoms with Crippen LogP contribution in [0.5, 0.6) is 0 Å². The fourth-order valence-electron chi connectivity index (χ4n) is 0.482. The topological polar surface area (TPSA) is 43.4 Å². The van der Waals surface area contributed by atoms with E-state index >= 15 is 0 Å². The van der Waals surface area contributed by atoms with E-state index in [1.165, 1.54) is 6.92 Å². The van der Waals surface area contributed by atoms with Crippen LogP contribution in [0, 0.1) is 5.92 Å². The quantitative estimate of drug-likeness (QED) is 0.577. The molecule has 0 aliphatic heterocycles. The third-order valence-corrected chi connectivity index (χ3v) is 1.43. The molecule has 0 aromatic heterocycles. The van der Waals surface area contributed by atoms with Crippen LogP contribution in [0.1, 0.15) is 27.2 Å². The third kappa shape index (κ3) is 4.53. The summed E-state index contributed by atoms with van der Waals surface area (Å²) in [4.78, 5) is 21.3. The smallest absolute Gasteiger partial charge is 0.309 e. The number of carbonyl (C=O) groups is 2. The molecule has 0 radical (unpaired) electrons. The first kappa shape index (κ1) is 10.1. The molecule has 3 nitrogen and oxygen atoms in total. The van der Waals surface area contributed by atoms with E-state index in [1.54, 1.807) is 6.92 Å². The van der Waals surface area contributed by atoms with Gasteiger partial charge in [0.15, 0.2) is 5.78 Å². The van der Waals surface area contributed by atoms with Crippen LogP contribution in [-0.4, -0.2) is 18.4 Å². The fourth-order valence-corrected chi connectivity index (χ4v) is 0.482. The first-order valence-corrected chi connectivity index (χ1v) is 3.74. The molecule has 0 rings (SSSR count). The summed E-state index contributed by atoms with van der Waals surface area (Å²) in [6.45, 7) is 4.98. The van der Waals surface area contributed by atoms with Gasteiger partial charge >= 0.3 is 5.97 Å². The summed E-state index contributed by atoms with van der Waals surface area (Å²) >= 11 is 0. The summed E-state index contributed by atoms with van der Waals surface area (Å²) in [5.74, 6) is -0.515. The van der Waals surface area contributed by atoms with Crippen LogP contribution in [0.2, 0.25) is 0 Å². The highest BCUT2D eigenvalue weighted by molar-refractivity contribution is 5.80. The van der Waals surface area contributed by atoms with Crippen molar-refractivity contribution in [2.24, 2.45) is 5.92 Å². The average Bonchev–Trinajstić information content (AvgIpc) is 1.98. The standard InChI is InChI=1S/C8H14O3/c1-4-6(2)8(10)11-5-7(3)9/h6H,4-5H2,1-3H3. The molecule has 64 valence electrons. The summed E-state index contributed by atoms with van der Waals surface area (Å²) < 4.78 is 4.67. The molecule has 0 heterocycles. The number of Topliss-reactive ketones (excluding diaryl/α,β-unsaturated/α-hetero) is 1. The molecule has 0 aliphatic rings. The molecule has 0 fully saturated rings. The van der Waals surface area contributed by atoms with Crippen molar-refractivity contribution in [2.45, 2.75) is 27.2 Å². The lowest BCUT2D eigenvalue weighted by atomic mass is 10.1. The minimum absolute atomic E-state index is 0.0941. The molecule has 0 aliphatic carbocycles. The van der Waals surface area contributed by atoms with Gasteiger partial charge in [-0.15, -0.1) is 0 Å². The van der Waals surface area contributed by atoms with Crippen LogP contribution >= 0.6 is 0 Å². The number of ether oxygens (including phenoxy) is 1. The predicted molar refractivity (Wildman–Crippen MR) is 41.1 cm³/mol. The average molecular weight is 158 g/mol. The number of ketones is 1. The van der Waals surface area contributed by atoms with Crippen LogP contribution in [0.15, 0.2) is 0 Å². The van der Waals surface area contributed by atoms with Crippen molar-refractivity contribution < 1.29 is 14.3 Å². The number of rotatable bonds is 4. The highest BCUT2D eigenvalue weighted by atomic mass is 16.5. The lowest BCUT2D eigenvalue weighted by Crippen LogP contribution is -2.17. The maximum absolute atomic E-state index is 10.9. The van der Waals surface area contributed by atoms with Crippen LogP contribution in [0.25, 0.3) is 0 Å². The SMILES string of the molecule is CCC(C)C(=O)OCC(C)=O. The van der Waals surface area contributed by atoms with Crippen molar-refractivity contribution >= 4 is 11.8 Å². The Balaban J connectivity index is 3.60. The van der Waals surface area contributed by atoms with Gasteiger partial charge in [0, 0.05) is 0 Å². The van der Waals surface area contributed by atoms with E-state index in [1.807, 2.05) is 6.92 Å². The lowest BCUT2D eigenvalue weighted by molar-refractivity contribution is -0.151. The van der Waals surface area contributed by atoms with E-state index in [0.29, 0.717) is 0 Å². The summed E-state index contributed by atoms with van der Waals surface area (Å²) in [6.07, 6.45) is 0.747. The van der Waals surface area contributed by atoms with E-state index in [9.17, 15) is 9.59 Å². The Morgan fingerprint density at radius 2 is 2.00 bits per heavy atom. The van der Waals surface area contributed by atoms with E-state index in [4.69, 9.17) is 0 Å². The van der Waals surface area contributed by atoms with Crippen LogP contribution in [0.3, 0.4) is 0 Å². The van der Waals surface area contributed by atoms with E-state index < -0.39 is 0 Å². The van der Waals surface area contributed by atoms with Crippen molar-refractivity contribution in [3.63, 3.8) is 0 Å². The number of carbonyl (C=O) groups excluding carboxylic acids is 2. The molecule has 0 bridgehead atoms. The lowest BCUT2D eigenvalue weighted by Gasteiger charge is -2.06. The minimum Gasteiger partial charge on any atom is -0.457 e. The Hall–Kier alpha value is -0.860. The maximum Gasteiger partial charge on any atom is 0.309 e. The fraction of sp³-hybridized carbons (Fsp3) is 0.750. The summed E-state index contributed by atoms with van der Waals surface area (Å²) in [5, 5.41) is 0. The second kappa shape index (κ2) is 4.88. The van der Waals surface area contributed by atoms with Gasteiger partial charge in [0.25, 0.3) is 0 Å². The van der Waals surface area contributed by atoms with Gasteiger partial charge in [-0.2, -0.15) is 0 Å². The Morgan fingerprint density at radius 1 is 1.45 bits per heavy atom. The Morgan fingerprint density at radius 3 is 2.36 bits per heavy atom. The van der Waals surface area contributed by atoms with Crippen molar-refractivity contribution in [2.75, 3.05) is 6.61 Å². The van der Waals surface area contributed by atoms with E-state index in [2.05, 4.69) is 4.74 Å². The molecular formula is C8H14O3. The van der Waals surface area contributed by atoms with Gasteiger partial charge in [0.2, 0.25) is 0 Å². The molecule has 0 saturated carbocycles. The van der Waals surface area contributed by atoms with Gasteiger partial charge in [0.1, 0.15) is 6.61 Å². The zero-order valence-electron chi connectivity index (χ0n) is 7.22. The molecule has 0 spiro atoms. The van der Waals surface area contributed by atoms with Gasteiger partial charge in [0.05, 0.1) is 5.92 Å². The van der Waals surface area contributed by atoms with E-state index in [-0.39, 0.29) is 24.3 Å². The Bertz CT molecular complexity index is 151. The first-order valence-electron chi connectivity index (χ1n) is 3.74. The molecule has 11 heavy (non-hydrogen) atoms. The summed E-state index contributed by atoms with van der Waals surface area (Å²) in [5.41, 5.74) is 0. The molecule has 0 aromatic rings. The van der Waals surface area contributed by atoms with Gasteiger partial charge in [-0.25, -0.2) is 0 Å². The normalized spacial score (nSPS) is 12.3. The molecular weight excluding hydrogens is 144 g/mol. The van der Waals surface area contributed by atoms with Crippen molar-refractivity contribution in [3.8, 4) is 0 Å². The highest BCUT2D eigenvalue weighted by Gasteiger charge is 2.11. The third-order valence-electron chi connectivity index (χ3n) is 1.43. The zero-order valence-corrected chi connectivity index (χ0v) is 7.22. The molecule has 0 amide bonds. The monoisotopic (exact) mass is 158 g/mol. The summed E-state index contributed by atoms with van der Waals surface area (Å²) in [7, 11) is 0. The molecule has 1 unspecified atom stereocenters.